The second-order valence-electron chi connectivity index (χ2n) is 3.95. The van der Waals surface area contributed by atoms with Crippen molar-refractivity contribution in [1.82, 2.24) is 14.9 Å². The average molecular weight is 215 g/mol. The summed E-state index contributed by atoms with van der Waals surface area (Å²) in [5, 5.41) is 3.23. The monoisotopic (exact) mass is 215 g/mol. The van der Waals surface area contributed by atoms with Gasteiger partial charge in [0.2, 0.25) is 0 Å². The third-order valence-electron chi connectivity index (χ3n) is 2.78. The zero-order chi connectivity index (χ0) is 11.4. The van der Waals surface area contributed by atoms with E-state index in [1.807, 2.05) is 31.4 Å². The maximum absolute atomic E-state index is 4.31. The third kappa shape index (κ3) is 2.49. The first kappa shape index (κ1) is 10.9. The lowest BCUT2D eigenvalue weighted by atomic mass is 10.2. The Morgan fingerprint density at radius 2 is 2.25 bits per heavy atom. The molecule has 0 radical (unpaired) electrons. The van der Waals surface area contributed by atoms with Crippen LogP contribution in [0.4, 0.5) is 0 Å². The lowest BCUT2D eigenvalue weighted by Crippen LogP contribution is -2.11. The molecule has 0 saturated heterocycles. The molecule has 3 heteroatoms. The molecule has 1 atom stereocenters. The second kappa shape index (κ2) is 4.94. The molecule has 0 aromatic carbocycles. The molecule has 0 bridgehead atoms. The number of pyridine rings is 1. The molecule has 0 aliphatic carbocycles. The lowest BCUT2D eigenvalue weighted by Gasteiger charge is -2.07. The van der Waals surface area contributed by atoms with E-state index >= 15 is 0 Å². The van der Waals surface area contributed by atoms with Crippen LogP contribution in [0, 0.1) is 0 Å². The van der Waals surface area contributed by atoms with Crippen molar-refractivity contribution in [2.24, 2.45) is 0 Å². The van der Waals surface area contributed by atoms with Crippen LogP contribution in [0.5, 0.6) is 0 Å². The molecule has 0 amide bonds. The Morgan fingerprint density at radius 1 is 1.38 bits per heavy atom. The summed E-state index contributed by atoms with van der Waals surface area (Å²) in [6.45, 7) is 2.98. The minimum Gasteiger partial charge on any atom is -0.348 e. The number of hydrogen-bond donors (Lipinski definition) is 1. The highest BCUT2D eigenvalue weighted by Crippen LogP contribution is 2.12. The Balaban J connectivity index is 2.09. The van der Waals surface area contributed by atoms with E-state index in [-0.39, 0.29) is 0 Å². The maximum atomic E-state index is 4.31. The SMILES string of the molecule is CNC(C)c1ccn(Cc2ccccn2)c1. The van der Waals surface area contributed by atoms with E-state index < -0.39 is 0 Å². The highest BCUT2D eigenvalue weighted by Gasteiger charge is 2.04. The quantitative estimate of drug-likeness (QED) is 0.847. The van der Waals surface area contributed by atoms with Crippen molar-refractivity contribution in [3.05, 3.63) is 54.1 Å². The maximum Gasteiger partial charge on any atom is 0.0642 e. The summed E-state index contributed by atoms with van der Waals surface area (Å²) in [5.74, 6) is 0. The van der Waals surface area contributed by atoms with Crippen molar-refractivity contribution in [2.45, 2.75) is 19.5 Å². The van der Waals surface area contributed by atoms with E-state index in [4.69, 9.17) is 0 Å². The number of nitrogens with one attached hydrogen (secondary N) is 1. The number of nitrogens with zero attached hydrogens (tertiary/aromatic N) is 2. The second-order valence-corrected chi connectivity index (χ2v) is 3.95. The first-order valence-electron chi connectivity index (χ1n) is 5.52. The Bertz CT molecular complexity index is 433. The Labute approximate surface area is 96.1 Å². The molecule has 2 heterocycles. The van der Waals surface area contributed by atoms with E-state index in [0.29, 0.717) is 6.04 Å². The fourth-order valence-electron chi connectivity index (χ4n) is 1.66. The van der Waals surface area contributed by atoms with Gasteiger partial charge in [-0.05, 0) is 37.7 Å². The molecular weight excluding hydrogens is 198 g/mol. The van der Waals surface area contributed by atoms with Gasteiger partial charge in [0.15, 0.2) is 0 Å². The molecule has 0 fully saturated rings. The molecule has 16 heavy (non-hydrogen) atoms. The number of aromatic nitrogens is 2. The molecular formula is C13H17N3. The summed E-state index contributed by atoms with van der Waals surface area (Å²) in [7, 11) is 1.97. The van der Waals surface area contributed by atoms with Crippen LogP contribution < -0.4 is 5.32 Å². The summed E-state index contributed by atoms with van der Waals surface area (Å²) >= 11 is 0. The molecule has 0 saturated carbocycles. The van der Waals surface area contributed by atoms with Crippen LogP contribution in [0.2, 0.25) is 0 Å². The van der Waals surface area contributed by atoms with Crippen molar-refractivity contribution in [1.29, 1.82) is 0 Å². The van der Waals surface area contributed by atoms with Crippen molar-refractivity contribution in [3.63, 3.8) is 0 Å². The van der Waals surface area contributed by atoms with Crippen molar-refractivity contribution in [3.8, 4) is 0 Å². The molecule has 0 aliphatic rings. The first-order chi connectivity index (χ1) is 7.79. The van der Waals surface area contributed by atoms with Gasteiger partial charge in [0, 0.05) is 24.6 Å². The predicted molar refractivity (Wildman–Crippen MR) is 65.2 cm³/mol. The van der Waals surface area contributed by atoms with E-state index in [9.17, 15) is 0 Å². The predicted octanol–water partition coefficient (Wildman–Crippen LogP) is 2.21. The topological polar surface area (TPSA) is 29.9 Å². The van der Waals surface area contributed by atoms with E-state index in [1.54, 1.807) is 0 Å². The highest BCUT2D eigenvalue weighted by molar-refractivity contribution is 5.16. The first-order valence-corrected chi connectivity index (χ1v) is 5.52. The van der Waals surface area contributed by atoms with Gasteiger partial charge in [0.25, 0.3) is 0 Å². The Kier molecular flexibility index (Phi) is 3.37. The van der Waals surface area contributed by atoms with Crippen LogP contribution >= 0.6 is 0 Å². The van der Waals surface area contributed by atoms with E-state index in [0.717, 1.165) is 12.2 Å². The standard InChI is InChI=1S/C13H17N3/c1-11(14-2)12-6-8-16(9-12)10-13-5-3-4-7-15-13/h3-9,11,14H,10H2,1-2H3. The molecule has 84 valence electrons. The summed E-state index contributed by atoms with van der Waals surface area (Å²) in [4.78, 5) is 4.31. The Morgan fingerprint density at radius 3 is 2.94 bits per heavy atom. The van der Waals surface area contributed by atoms with Crippen LogP contribution in [0.3, 0.4) is 0 Å². The minimum absolute atomic E-state index is 0.394. The molecule has 1 N–H and O–H groups in total. The van der Waals surface area contributed by atoms with Crippen LogP contribution in [0.15, 0.2) is 42.9 Å². The zero-order valence-electron chi connectivity index (χ0n) is 9.72. The van der Waals surface area contributed by atoms with Crippen LogP contribution in [-0.2, 0) is 6.54 Å². The molecule has 1 unspecified atom stereocenters. The van der Waals surface area contributed by atoms with Gasteiger partial charge in [-0.1, -0.05) is 6.07 Å². The van der Waals surface area contributed by atoms with Crippen LogP contribution in [-0.4, -0.2) is 16.6 Å². The molecule has 0 spiro atoms. The Hall–Kier alpha value is -1.61. The molecule has 3 nitrogen and oxygen atoms in total. The van der Waals surface area contributed by atoms with Gasteiger partial charge in [0.1, 0.15) is 0 Å². The normalized spacial score (nSPS) is 12.6. The minimum atomic E-state index is 0.394. The molecule has 2 aromatic rings. The fourth-order valence-corrected chi connectivity index (χ4v) is 1.66. The average Bonchev–Trinajstić information content (AvgIpc) is 2.78. The largest absolute Gasteiger partial charge is 0.348 e. The third-order valence-corrected chi connectivity index (χ3v) is 2.78. The summed E-state index contributed by atoms with van der Waals surface area (Å²) in [6.07, 6.45) is 6.09. The van der Waals surface area contributed by atoms with Gasteiger partial charge in [0.05, 0.1) is 12.2 Å². The zero-order valence-corrected chi connectivity index (χ0v) is 9.72. The molecule has 0 aliphatic heterocycles. The number of rotatable bonds is 4. The van der Waals surface area contributed by atoms with Crippen LogP contribution in [0.25, 0.3) is 0 Å². The van der Waals surface area contributed by atoms with Crippen molar-refractivity contribution >= 4 is 0 Å². The smallest absolute Gasteiger partial charge is 0.0642 e. The van der Waals surface area contributed by atoms with E-state index in [2.05, 4.69) is 40.3 Å². The molecule has 2 aromatic heterocycles. The van der Waals surface area contributed by atoms with Gasteiger partial charge >= 0.3 is 0 Å². The highest BCUT2D eigenvalue weighted by atomic mass is 15.0. The number of hydrogen-bond acceptors (Lipinski definition) is 2. The summed E-state index contributed by atoms with van der Waals surface area (Å²) in [5.41, 5.74) is 2.39. The van der Waals surface area contributed by atoms with Gasteiger partial charge in [-0.3, -0.25) is 4.98 Å². The van der Waals surface area contributed by atoms with Gasteiger partial charge in [-0.2, -0.15) is 0 Å². The summed E-state index contributed by atoms with van der Waals surface area (Å²) < 4.78 is 2.16. The van der Waals surface area contributed by atoms with Gasteiger partial charge in [-0.25, -0.2) is 0 Å². The summed E-state index contributed by atoms with van der Waals surface area (Å²) in [6, 6.07) is 8.53. The van der Waals surface area contributed by atoms with Gasteiger partial charge in [-0.15, -0.1) is 0 Å². The van der Waals surface area contributed by atoms with Crippen molar-refractivity contribution < 1.29 is 0 Å². The van der Waals surface area contributed by atoms with Crippen LogP contribution in [0.1, 0.15) is 24.2 Å². The fraction of sp³-hybridized carbons (Fsp3) is 0.308. The lowest BCUT2D eigenvalue weighted by molar-refractivity contribution is 0.648. The molecule has 2 rings (SSSR count). The van der Waals surface area contributed by atoms with E-state index in [1.165, 1.54) is 5.56 Å². The van der Waals surface area contributed by atoms with Crippen molar-refractivity contribution in [2.75, 3.05) is 7.05 Å². The van der Waals surface area contributed by atoms with Gasteiger partial charge < -0.3 is 9.88 Å².